The first kappa shape index (κ1) is 28.6. The fourth-order valence-corrected chi connectivity index (χ4v) is 5.77. The van der Waals surface area contributed by atoms with Gasteiger partial charge >= 0.3 is 0 Å². The normalized spacial score (nSPS) is 21.0. The number of aromatic nitrogens is 1. The molecular weight excluding hydrogens is 530 g/mol. The zero-order valence-electron chi connectivity index (χ0n) is 23.0. The van der Waals surface area contributed by atoms with Crippen molar-refractivity contribution in [3.05, 3.63) is 70.9 Å². The molecule has 0 saturated heterocycles. The summed E-state index contributed by atoms with van der Waals surface area (Å²) in [5.41, 5.74) is 3.34. The molecule has 1 aliphatic heterocycles. The van der Waals surface area contributed by atoms with Crippen LogP contribution in [-0.4, -0.2) is 95.8 Å². The lowest BCUT2D eigenvalue weighted by Crippen LogP contribution is -2.56. The van der Waals surface area contributed by atoms with Crippen molar-refractivity contribution in [1.82, 2.24) is 15.2 Å². The van der Waals surface area contributed by atoms with Crippen LogP contribution >= 0.6 is 0 Å². The Kier molecular flexibility index (Phi) is 8.60. The van der Waals surface area contributed by atoms with Gasteiger partial charge in [-0.3, -0.25) is 9.59 Å². The molecule has 41 heavy (non-hydrogen) atoms. The summed E-state index contributed by atoms with van der Waals surface area (Å²) < 4.78 is 16.9. The van der Waals surface area contributed by atoms with Crippen molar-refractivity contribution in [1.29, 1.82) is 0 Å². The molecule has 4 atom stereocenters. The maximum Gasteiger partial charge on any atom is 0.249 e. The minimum atomic E-state index is -1.20. The van der Waals surface area contributed by atoms with Crippen molar-refractivity contribution in [3.8, 4) is 11.5 Å². The van der Waals surface area contributed by atoms with Crippen LogP contribution < -0.4 is 14.8 Å². The van der Waals surface area contributed by atoms with Gasteiger partial charge in [0.2, 0.25) is 11.8 Å². The highest BCUT2D eigenvalue weighted by molar-refractivity contribution is 5.96. The Morgan fingerprint density at radius 1 is 1.15 bits per heavy atom. The summed E-state index contributed by atoms with van der Waals surface area (Å²) in [6.45, 7) is -0.451. The lowest BCUT2D eigenvalue weighted by Gasteiger charge is -2.40. The molecule has 3 aromatic rings. The number of aliphatic hydroxyl groups is 3. The van der Waals surface area contributed by atoms with Gasteiger partial charge in [0.1, 0.15) is 18.8 Å². The number of benzene rings is 2. The summed E-state index contributed by atoms with van der Waals surface area (Å²) in [6.07, 6.45) is -0.0412. The van der Waals surface area contributed by atoms with Gasteiger partial charge in [-0.25, -0.2) is 0 Å². The minimum Gasteiger partial charge on any atom is -0.493 e. The summed E-state index contributed by atoms with van der Waals surface area (Å²) in [5.74, 6) is -0.763. The van der Waals surface area contributed by atoms with Crippen LogP contribution in [-0.2, 0) is 27.4 Å². The molecule has 2 aromatic carbocycles. The number of aliphatic hydroxyl groups excluding tert-OH is 3. The molecule has 0 fully saturated rings. The molecule has 0 radical (unpaired) electrons. The van der Waals surface area contributed by atoms with Crippen molar-refractivity contribution in [3.63, 3.8) is 0 Å². The molecule has 11 nitrogen and oxygen atoms in total. The Morgan fingerprint density at radius 3 is 2.66 bits per heavy atom. The van der Waals surface area contributed by atoms with Gasteiger partial charge in [-0.05, 0) is 41.3 Å². The summed E-state index contributed by atoms with van der Waals surface area (Å²) >= 11 is 0. The number of carbonyl (C=O) groups is 2. The first-order valence-electron chi connectivity index (χ1n) is 13.5. The van der Waals surface area contributed by atoms with Crippen molar-refractivity contribution < 1.29 is 39.1 Å². The molecule has 2 aliphatic rings. The second-order valence-electron chi connectivity index (χ2n) is 10.2. The maximum atomic E-state index is 13.4. The highest BCUT2D eigenvalue weighted by Gasteiger charge is 2.51. The number of ether oxygens (including phenoxy) is 3. The summed E-state index contributed by atoms with van der Waals surface area (Å²) in [6, 6.07) is 12.4. The molecule has 2 heterocycles. The first-order valence-corrected chi connectivity index (χ1v) is 13.5. The van der Waals surface area contributed by atoms with Crippen molar-refractivity contribution >= 4 is 22.7 Å². The van der Waals surface area contributed by atoms with Gasteiger partial charge in [0.05, 0.1) is 32.3 Å². The van der Waals surface area contributed by atoms with E-state index in [1.54, 1.807) is 18.2 Å². The Hall–Kier alpha value is -3.90. The lowest BCUT2D eigenvalue weighted by atomic mass is 9.77. The monoisotopic (exact) mass is 565 g/mol. The van der Waals surface area contributed by atoms with Crippen molar-refractivity contribution in [2.75, 3.05) is 40.5 Å². The molecule has 2 amide bonds. The average Bonchev–Trinajstić information content (AvgIpc) is 3.58. The maximum absolute atomic E-state index is 13.4. The second-order valence-corrected chi connectivity index (χ2v) is 10.2. The SMILES string of the molecule is COCC(=O)N(CCc1cc2ccccc2[nH]1)[C@@H]1C=C(C(=O)NCCO)[C@@H]2c3cc(CO)cc(OC)c3O[C@@H]2[C@H]1O. The van der Waals surface area contributed by atoms with Crippen LogP contribution in [0.2, 0.25) is 0 Å². The lowest BCUT2D eigenvalue weighted by molar-refractivity contribution is -0.141. The highest BCUT2D eigenvalue weighted by Crippen LogP contribution is 2.51. The number of carbonyl (C=O) groups excluding carboxylic acids is 2. The third kappa shape index (κ3) is 5.53. The van der Waals surface area contributed by atoms with Crippen LogP contribution in [0, 0.1) is 0 Å². The van der Waals surface area contributed by atoms with E-state index in [0.29, 0.717) is 29.0 Å². The van der Waals surface area contributed by atoms with E-state index in [1.165, 1.54) is 19.1 Å². The van der Waals surface area contributed by atoms with Gasteiger partial charge in [0.15, 0.2) is 11.5 Å². The largest absolute Gasteiger partial charge is 0.493 e. The van der Waals surface area contributed by atoms with Gasteiger partial charge in [-0.2, -0.15) is 0 Å². The number of hydrogen-bond acceptors (Lipinski definition) is 8. The molecule has 1 aromatic heterocycles. The zero-order valence-corrected chi connectivity index (χ0v) is 23.0. The van der Waals surface area contributed by atoms with Gasteiger partial charge in [0.25, 0.3) is 0 Å². The fourth-order valence-electron chi connectivity index (χ4n) is 5.77. The molecule has 218 valence electrons. The number of nitrogens with zero attached hydrogens (tertiary/aromatic N) is 1. The molecule has 1 aliphatic carbocycles. The van der Waals surface area contributed by atoms with E-state index in [2.05, 4.69) is 10.3 Å². The van der Waals surface area contributed by atoms with Crippen LogP contribution in [0.1, 0.15) is 22.7 Å². The number of rotatable bonds is 11. The third-order valence-electron chi connectivity index (χ3n) is 7.65. The Bertz CT molecular complexity index is 1420. The fraction of sp³-hybridized carbons (Fsp3) is 0.400. The number of para-hydroxylation sites is 1. The molecule has 5 N–H and O–H groups in total. The van der Waals surface area contributed by atoms with Gasteiger partial charge in [0, 0.05) is 49.0 Å². The van der Waals surface area contributed by atoms with E-state index in [4.69, 9.17) is 14.2 Å². The van der Waals surface area contributed by atoms with E-state index in [0.717, 1.165) is 16.6 Å². The van der Waals surface area contributed by atoms with E-state index >= 15 is 0 Å². The highest BCUT2D eigenvalue weighted by atomic mass is 16.5. The number of amides is 2. The molecule has 0 unspecified atom stereocenters. The van der Waals surface area contributed by atoms with E-state index < -0.39 is 30.1 Å². The van der Waals surface area contributed by atoms with Gasteiger partial charge in [-0.15, -0.1) is 0 Å². The predicted molar refractivity (Wildman–Crippen MR) is 150 cm³/mol. The van der Waals surface area contributed by atoms with Crippen molar-refractivity contribution in [2.45, 2.75) is 37.2 Å². The first-order chi connectivity index (χ1) is 19.9. The number of hydrogen-bond donors (Lipinski definition) is 5. The molecule has 11 heteroatoms. The number of methoxy groups -OCH3 is 2. The van der Waals surface area contributed by atoms with E-state index in [1.807, 2.05) is 30.3 Å². The van der Waals surface area contributed by atoms with Crippen LogP contribution in [0.4, 0.5) is 0 Å². The zero-order chi connectivity index (χ0) is 29.1. The van der Waals surface area contributed by atoms with Crippen LogP contribution in [0.25, 0.3) is 10.9 Å². The van der Waals surface area contributed by atoms with Crippen LogP contribution in [0.3, 0.4) is 0 Å². The van der Waals surface area contributed by atoms with E-state index in [-0.39, 0.29) is 44.4 Å². The molecule has 5 rings (SSSR count). The summed E-state index contributed by atoms with van der Waals surface area (Å²) in [7, 11) is 2.90. The molecule has 0 bridgehead atoms. The second kappa shape index (κ2) is 12.3. The number of nitrogens with one attached hydrogen (secondary N) is 2. The quantitative estimate of drug-likeness (QED) is 0.231. The number of H-pyrrole nitrogens is 1. The molecule has 0 saturated carbocycles. The van der Waals surface area contributed by atoms with Crippen molar-refractivity contribution in [2.24, 2.45) is 0 Å². The minimum absolute atomic E-state index is 0.0290. The Morgan fingerprint density at radius 2 is 1.95 bits per heavy atom. The van der Waals surface area contributed by atoms with Gasteiger partial charge in [-0.1, -0.05) is 18.2 Å². The number of fused-ring (bicyclic) bond motifs is 4. The third-order valence-corrected chi connectivity index (χ3v) is 7.65. The Labute approximate surface area is 237 Å². The van der Waals surface area contributed by atoms with Crippen LogP contribution in [0.5, 0.6) is 11.5 Å². The Balaban J connectivity index is 1.53. The van der Waals surface area contributed by atoms with Gasteiger partial charge < -0.3 is 44.7 Å². The predicted octanol–water partition coefficient (Wildman–Crippen LogP) is 1.01. The topological polar surface area (TPSA) is 154 Å². The molecular formula is C30H35N3O8. The summed E-state index contributed by atoms with van der Waals surface area (Å²) in [4.78, 5) is 31.7. The smallest absolute Gasteiger partial charge is 0.249 e. The number of aromatic amines is 1. The summed E-state index contributed by atoms with van der Waals surface area (Å²) in [5, 5.41) is 34.6. The standard InChI is InChI=1S/C30H35N3O8/c1-39-16-25(36)33(9-7-19-13-18-5-3-4-6-22(18)32-19)23-14-21(30(38)31-8-10-34)26-20-11-17(15-35)12-24(40-2)28(20)41-29(26)27(23)37/h3-6,11-14,23,26-27,29,32,34-35,37H,7-10,15-16H2,1-2H3,(H,31,38)/t23-,26+,27+,29+/m1/s1. The average molecular weight is 566 g/mol. The van der Waals surface area contributed by atoms with Crippen LogP contribution in [0.15, 0.2) is 54.1 Å². The van der Waals surface area contributed by atoms with E-state index in [9.17, 15) is 24.9 Å². The molecule has 0 spiro atoms.